The summed E-state index contributed by atoms with van der Waals surface area (Å²) in [5.74, 6) is 0.494. The monoisotopic (exact) mass is 322 g/mol. The van der Waals surface area contributed by atoms with Gasteiger partial charge in [-0.3, -0.25) is 0 Å². The molecule has 1 aromatic heterocycles. The van der Waals surface area contributed by atoms with Crippen molar-refractivity contribution in [3.8, 4) is 11.4 Å². The van der Waals surface area contributed by atoms with Crippen LogP contribution in [0.25, 0.3) is 22.3 Å². The SMILES string of the molecule is Cc1ccc2nc(-c3ccc(Cl)cc3Cl)nc(Cl)c2c1. The van der Waals surface area contributed by atoms with Gasteiger partial charge in [-0.25, -0.2) is 9.97 Å². The van der Waals surface area contributed by atoms with E-state index in [0.29, 0.717) is 26.6 Å². The zero-order chi connectivity index (χ0) is 14.3. The van der Waals surface area contributed by atoms with E-state index in [4.69, 9.17) is 34.8 Å². The van der Waals surface area contributed by atoms with E-state index in [9.17, 15) is 0 Å². The molecule has 20 heavy (non-hydrogen) atoms. The maximum atomic E-state index is 6.25. The average Bonchev–Trinajstić information content (AvgIpc) is 2.39. The van der Waals surface area contributed by atoms with Gasteiger partial charge >= 0.3 is 0 Å². The Kier molecular flexibility index (Phi) is 3.55. The molecule has 0 saturated heterocycles. The van der Waals surface area contributed by atoms with Crippen LogP contribution < -0.4 is 0 Å². The van der Waals surface area contributed by atoms with Crippen molar-refractivity contribution in [1.82, 2.24) is 9.97 Å². The van der Waals surface area contributed by atoms with Gasteiger partial charge in [0.25, 0.3) is 0 Å². The Labute approximate surface area is 131 Å². The molecule has 0 aliphatic carbocycles. The summed E-state index contributed by atoms with van der Waals surface area (Å²) >= 11 is 18.3. The first kappa shape index (κ1) is 13.6. The van der Waals surface area contributed by atoms with Crippen LogP contribution in [0, 0.1) is 6.92 Å². The minimum Gasteiger partial charge on any atom is -0.228 e. The van der Waals surface area contributed by atoms with E-state index in [1.54, 1.807) is 18.2 Å². The van der Waals surface area contributed by atoms with Gasteiger partial charge in [0, 0.05) is 16.0 Å². The molecule has 0 aliphatic heterocycles. The smallest absolute Gasteiger partial charge is 0.162 e. The van der Waals surface area contributed by atoms with Gasteiger partial charge in [0.1, 0.15) is 5.15 Å². The molecule has 5 heteroatoms. The van der Waals surface area contributed by atoms with Gasteiger partial charge in [0.2, 0.25) is 0 Å². The third-order valence-corrected chi connectivity index (χ3v) is 3.81. The molecule has 0 unspecified atom stereocenters. The predicted octanol–water partition coefficient (Wildman–Crippen LogP) is 5.57. The highest BCUT2D eigenvalue weighted by molar-refractivity contribution is 6.36. The van der Waals surface area contributed by atoms with Crippen molar-refractivity contribution in [3.63, 3.8) is 0 Å². The van der Waals surface area contributed by atoms with Gasteiger partial charge in [-0.2, -0.15) is 0 Å². The van der Waals surface area contributed by atoms with Crippen molar-refractivity contribution in [3.05, 3.63) is 57.2 Å². The molecule has 0 aliphatic rings. The second-order valence-corrected chi connectivity index (χ2v) is 5.68. The van der Waals surface area contributed by atoms with Gasteiger partial charge in [-0.05, 0) is 37.3 Å². The lowest BCUT2D eigenvalue weighted by Gasteiger charge is -2.07. The fourth-order valence-corrected chi connectivity index (χ4v) is 2.72. The average molecular weight is 324 g/mol. The number of nitrogens with zero attached hydrogens (tertiary/aromatic N) is 2. The van der Waals surface area contributed by atoms with Gasteiger partial charge in [0.05, 0.1) is 10.5 Å². The Balaban J connectivity index is 2.24. The van der Waals surface area contributed by atoms with Gasteiger partial charge in [-0.15, -0.1) is 0 Å². The molecular formula is C15H9Cl3N2. The molecule has 0 spiro atoms. The molecule has 2 nitrogen and oxygen atoms in total. The Bertz CT molecular complexity index is 816. The van der Waals surface area contributed by atoms with E-state index in [2.05, 4.69) is 9.97 Å². The standard InChI is InChI=1S/C15H9Cl3N2/c1-8-2-5-13-11(6-8)14(18)20-15(19-13)10-4-3-9(16)7-12(10)17/h2-7H,1H3. The summed E-state index contributed by atoms with van der Waals surface area (Å²) in [6.45, 7) is 2.00. The first-order valence-corrected chi connectivity index (χ1v) is 7.07. The number of halogens is 3. The van der Waals surface area contributed by atoms with E-state index in [1.165, 1.54) is 0 Å². The lowest BCUT2D eigenvalue weighted by molar-refractivity contribution is 1.22. The Hall–Kier alpha value is -1.35. The fourth-order valence-electron chi connectivity index (χ4n) is 2.00. The highest BCUT2D eigenvalue weighted by Crippen LogP contribution is 2.31. The quantitative estimate of drug-likeness (QED) is 0.547. The highest BCUT2D eigenvalue weighted by atomic mass is 35.5. The van der Waals surface area contributed by atoms with Crippen molar-refractivity contribution in [2.75, 3.05) is 0 Å². The molecule has 1 heterocycles. The Morgan fingerprint density at radius 1 is 0.900 bits per heavy atom. The van der Waals surface area contributed by atoms with E-state index >= 15 is 0 Å². The maximum absolute atomic E-state index is 6.25. The van der Waals surface area contributed by atoms with E-state index in [1.807, 2.05) is 25.1 Å². The molecule has 2 aromatic carbocycles. The van der Waals surface area contributed by atoms with Crippen LogP contribution in [-0.2, 0) is 0 Å². The Morgan fingerprint density at radius 3 is 2.45 bits per heavy atom. The van der Waals surface area contributed by atoms with Crippen molar-refractivity contribution in [2.45, 2.75) is 6.92 Å². The zero-order valence-corrected chi connectivity index (χ0v) is 12.8. The summed E-state index contributed by atoms with van der Waals surface area (Å²) < 4.78 is 0. The van der Waals surface area contributed by atoms with Crippen LogP contribution in [-0.4, -0.2) is 9.97 Å². The number of benzene rings is 2. The number of hydrogen-bond acceptors (Lipinski definition) is 2. The minimum absolute atomic E-state index is 0.416. The summed E-state index contributed by atoms with van der Waals surface area (Å²) in [6, 6.07) is 11.1. The molecule has 0 bridgehead atoms. The third kappa shape index (κ3) is 2.47. The number of fused-ring (bicyclic) bond motifs is 1. The van der Waals surface area contributed by atoms with Crippen LogP contribution in [0.1, 0.15) is 5.56 Å². The largest absolute Gasteiger partial charge is 0.228 e. The first-order chi connectivity index (χ1) is 9.54. The molecule has 3 rings (SSSR count). The minimum atomic E-state index is 0.416. The molecule has 0 saturated carbocycles. The van der Waals surface area contributed by atoms with E-state index in [-0.39, 0.29) is 0 Å². The van der Waals surface area contributed by atoms with Crippen LogP contribution in [0.15, 0.2) is 36.4 Å². The molecule has 0 fully saturated rings. The maximum Gasteiger partial charge on any atom is 0.162 e. The van der Waals surface area contributed by atoms with Crippen LogP contribution in [0.3, 0.4) is 0 Å². The topological polar surface area (TPSA) is 25.8 Å². The summed E-state index contributed by atoms with van der Waals surface area (Å²) in [4.78, 5) is 8.84. The first-order valence-electron chi connectivity index (χ1n) is 5.94. The number of aromatic nitrogens is 2. The molecule has 3 aromatic rings. The van der Waals surface area contributed by atoms with Crippen LogP contribution >= 0.6 is 34.8 Å². The van der Waals surface area contributed by atoms with Crippen molar-refractivity contribution in [2.24, 2.45) is 0 Å². The lowest BCUT2D eigenvalue weighted by atomic mass is 10.1. The molecule has 0 atom stereocenters. The van der Waals surface area contributed by atoms with Gasteiger partial charge in [-0.1, -0.05) is 46.4 Å². The van der Waals surface area contributed by atoms with E-state index in [0.717, 1.165) is 16.5 Å². The lowest BCUT2D eigenvalue weighted by Crippen LogP contribution is -1.93. The van der Waals surface area contributed by atoms with Crippen LogP contribution in [0.5, 0.6) is 0 Å². The number of aryl methyl sites for hydroxylation is 1. The van der Waals surface area contributed by atoms with Crippen LogP contribution in [0.2, 0.25) is 15.2 Å². The summed E-state index contributed by atoms with van der Waals surface area (Å²) in [5, 5.41) is 2.32. The molecular weight excluding hydrogens is 315 g/mol. The fraction of sp³-hybridized carbons (Fsp3) is 0.0667. The normalized spacial score (nSPS) is 11.0. The number of rotatable bonds is 1. The summed E-state index contributed by atoms with van der Waals surface area (Å²) in [6.07, 6.45) is 0. The Morgan fingerprint density at radius 2 is 1.70 bits per heavy atom. The van der Waals surface area contributed by atoms with E-state index < -0.39 is 0 Å². The third-order valence-electron chi connectivity index (χ3n) is 2.98. The van der Waals surface area contributed by atoms with Crippen molar-refractivity contribution in [1.29, 1.82) is 0 Å². The molecule has 100 valence electrons. The second kappa shape index (κ2) is 5.21. The van der Waals surface area contributed by atoms with Gasteiger partial charge < -0.3 is 0 Å². The molecule has 0 amide bonds. The summed E-state index contributed by atoms with van der Waals surface area (Å²) in [7, 11) is 0. The second-order valence-electron chi connectivity index (χ2n) is 4.48. The zero-order valence-electron chi connectivity index (χ0n) is 10.5. The van der Waals surface area contributed by atoms with Gasteiger partial charge in [0.15, 0.2) is 5.82 Å². The predicted molar refractivity (Wildman–Crippen MR) is 84.7 cm³/mol. The van der Waals surface area contributed by atoms with Crippen LogP contribution in [0.4, 0.5) is 0 Å². The molecule has 0 radical (unpaired) electrons. The summed E-state index contributed by atoms with van der Waals surface area (Å²) in [5.41, 5.74) is 2.61. The highest BCUT2D eigenvalue weighted by Gasteiger charge is 2.11. The van der Waals surface area contributed by atoms with Crippen molar-refractivity contribution >= 4 is 45.7 Å². The number of hydrogen-bond donors (Lipinski definition) is 0. The molecule has 0 N–H and O–H groups in total. The van der Waals surface area contributed by atoms with Crippen molar-refractivity contribution < 1.29 is 0 Å².